The Labute approximate surface area is 142 Å². The zero-order valence-corrected chi connectivity index (χ0v) is 14.1. The van der Waals surface area contributed by atoms with Gasteiger partial charge >= 0.3 is 0 Å². The number of hydrogen-bond donors (Lipinski definition) is 0. The molecule has 2 aliphatic rings. The third kappa shape index (κ3) is 2.91. The lowest BCUT2D eigenvalue weighted by Gasteiger charge is -2.16. The summed E-state index contributed by atoms with van der Waals surface area (Å²) in [5.74, 6) is 1.25. The van der Waals surface area contributed by atoms with Gasteiger partial charge in [-0.2, -0.15) is 0 Å². The average molecular weight is 322 g/mol. The number of rotatable bonds is 4. The average Bonchev–Trinajstić information content (AvgIpc) is 3.15. The van der Waals surface area contributed by atoms with E-state index in [-0.39, 0.29) is 6.10 Å². The van der Waals surface area contributed by atoms with Gasteiger partial charge in [-0.25, -0.2) is 9.97 Å². The highest BCUT2D eigenvalue weighted by molar-refractivity contribution is 6.03. The number of oxime groups is 1. The minimum atomic E-state index is 0.163. The van der Waals surface area contributed by atoms with E-state index in [9.17, 15) is 0 Å². The standard InChI is InChI=1S/C19H22N4O/c1-3-18-20-8-14(9-21-18)10-23-11-16-17(12-23)24-22-19(16)15-6-4-5-13(2)7-15/h4-9,16-17H,3,10-12H2,1-2H3/t16-,17-/m0/s1. The summed E-state index contributed by atoms with van der Waals surface area (Å²) in [5.41, 5.74) is 4.67. The van der Waals surface area contributed by atoms with E-state index in [1.54, 1.807) is 0 Å². The lowest BCUT2D eigenvalue weighted by Crippen LogP contribution is -2.23. The number of fused-ring (bicyclic) bond motifs is 1. The maximum absolute atomic E-state index is 5.70. The van der Waals surface area contributed by atoms with Gasteiger partial charge in [-0.15, -0.1) is 0 Å². The maximum atomic E-state index is 5.70. The number of likely N-dealkylation sites (tertiary alicyclic amines) is 1. The third-order valence-corrected chi connectivity index (χ3v) is 4.77. The molecule has 4 rings (SSSR count). The molecule has 2 aliphatic heterocycles. The molecule has 1 saturated heterocycles. The lowest BCUT2D eigenvalue weighted by molar-refractivity contribution is 0.0745. The summed E-state index contributed by atoms with van der Waals surface area (Å²) in [7, 11) is 0. The van der Waals surface area contributed by atoms with E-state index in [0.717, 1.165) is 43.2 Å². The first-order valence-corrected chi connectivity index (χ1v) is 8.56. The van der Waals surface area contributed by atoms with Gasteiger partial charge in [0.05, 0.1) is 11.6 Å². The fourth-order valence-corrected chi connectivity index (χ4v) is 3.52. The molecule has 1 aromatic heterocycles. The predicted octanol–water partition coefficient (Wildman–Crippen LogP) is 2.58. The number of aromatic nitrogens is 2. The molecular formula is C19H22N4O. The molecule has 1 fully saturated rings. The van der Waals surface area contributed by atoms with Gasteiger partial charge in [-0.3, -0.25) is 4.90 Å². The number of nitrogens with zero attached hydrogens (tertiary/aromatic N) is 4. The monoisotopic (exact) mass is 322 g/mol. The van der Waals surface area contributed by atoms with Gasteiger partial charge in [0.25, 0.3) is 0 Å². The Morgan fingerprint density at radius 1 is 1.21 bits per heavy atom. The van der Waals surface area contributed by atoms with Crippen molar-refractivity contribution >= 4 is 5.71 Å². The summed E-state index contributed by atoms with van der Waals surface area (Å²) in [5, 5.41) is 4.36. The molecule has 0 spiro atoms. The minimum absolute atomic E-state index is 0.163. The largest absolute Gasteiger partial charge is 0.390 e. The molecule has 0 amide bonds. The van der Waals surface area contributed by atoms with Crippen molar-refractivity contribution in [2.24, 2.45) is 11.1 Å². The van der Waals surface area contributed by atoms with Crippen molar-refractivity contribution in [2.45, 2.75) is 32.9 Å². The van der Waals surface area contributed by atoms with Crippen molar-refractivity contribution in [1.82, 2.24) is 14.9 Å². The fourth-order valence-electron chi connectivity index (χ4n) is 3.52. The number of hydrogen-bond acceptors (Lipinski definition) is 5. The van der Waals surface area contributed by atoms with E-state index in [2.05, 4.69) is 58.1 Å². The van der Waals surface area contributed by atoms with E-state index in [1.165, 1.54) is 11.1 Å². The van der Waals surface area contributed by atoms with Gasteiger partial charge < -0.3 is 4.84 Å². The first-order chi connectivity index (χ1) is 11.7. The summed E-state index contributed by atoms with van der Waals surface area (Å²) in [6.45, 7) is 6.91. The molecule has 0 unspecified atom stereocenters. The molecule has 0 N–H and O–H groups in total. The van der Waals surface area contributed by atoms with Crippen molar-refractivity contribution in [1.29, 1.82) is 0 Å². The quantitative estimate of drug-likeness (QED) is 0.868. The highest BCUT2D eigenvalue weighted by Gasteiger charge is 2.42. The van der Waals surface area contributed by atoms with Crippen molar-refractivity contribution in [3.05, 3.63) is 59.2 Å². The predicted molar refractivity (Wildman–Crippen MR) is 92.8 cm³/mol. The van der Waals surface area contributed by atoms with Crippen LogP contribution in [0.4, 0.5) is 0 Å². The number of aryl methyl sites for hydroxylation is 2. The first-order valence-electron chi connectivity index (χ1n) is 8.56. The van der Waals surface area contributed by atoms with Gasteiger partial charge in [0.2, 0.25) is 0 Å². The zero-order valence-electron chi connectivity index (χ0n) is 14.1. The highest BCUT2D eigenvalue weighted by atomic mass is 16.6. The van der Waals surface area contributed by atoms with Crippen LogP contribution in [-0.2, 0) is 17.8 Å². The molecule has 24 heavy (non-hydrogen) atoms. The normalized spacial score (nSPS) is 23.0. The van der Waals surface area contributed by atoms with Crippen molar-refractivity contribution < 1.29 is 4.84 Å². The van der Waals surface area contributed by atoms with Crippen LogP contribution in [0.3, 0.4) is 0 Å². The van der Waals surface area contributed by atoms with Crippen molar-refractivity contribution in [3.63, 3.8) is 0 Å². The van der Waals surface area contributed by atoms with Crippen LogP contribution < -0.4 is 0 Å². The second-order valence-electron chi connectivity index (χ2n) is 6.65. The van der Waals surface area contributed by atoms with Crippen LogP contribution in [0.1, 0.15) is 29.4 Å². The number of benzene rings is 1. The first kappa shape index (κ1) is 15.3. The Kier molecular flexibility index (Phi) is 4.02. The van der Waals surface area contributed by atoms with E-state index in [4.69, 9.17) is 4.84 Å². The van der Waals surface area contributed by atoms with Crippen LogP contribution in [0.15, 0.2) is 41.8 Å². The summed E-state index contributed by atoms with van der Waals surface area (Å²) in [4.78, 5) is 16.9. The Hall–Kier alpha value is -2.27. The van der Waals surface area contributed by atoms with Crippen LogP contribution in [0.2, 0.25) is 0 Å². The molecule has 2 aromatic rings. The fraction of sp³-hybridized carbons (Fsp3) is 0.421. The Balaban J connectivity index is 1.45. The molecule has 5 nitrogen and oxygen atoms in total. The van der Waals surface area contributed by atoms with Gasteiger partial charge in [0, 0.05) is 49.6 Å². The summed E-state index contributed by atoms with van der Waals surface area (Å²) < 4.78 is 0. The van der Waals surface area contributed by atoms with Crippen LogP contribution >= 0.6 is 0 Å². The summed E-state index contributed by atoms with van der Waals surface area (Å²) >= 11 is 0. The Morgan fingerprint density at radius 2 is 2.04 bits per heavy atom. The summed E-state index contributed by atoms with van der Waals surface area (Å²) in [6.07, 6.45) is 4.92. The Morgan fingerprint density at radius 3 is 2.79 bits per heavy atom. The molecule has 124 valence electrons. The van der Waals surface area contributed by atoms with Crippen LogP contribution in [-0.4, -0.2) is 39.8 Å². The summed E-state index contributed by atoms with van der Waals surface area (Å²) in [6, 6.07) is 8.50. The molecular weight excluding hydrogens is 300 g/mol. The van der Waals surface area contributed by atoms with Gasteiger partial charge in [0.1, 0.15) is 11.9 Å². The van der Waals surface area contributed by atoms with Crippen LogP contribution in [0.5, 0.6) is 0 Å². The lowest BCUT2D eigenvalue weighted by atomic mass is 9.94. The molecule has 3 heterocycles. The zero-order chi connectivity index (χ0) is 16.5. The molecule has 2 atom stereocenters. The Bertz CT molecular complexity index is 756. The topological polar surface area (TPSA) is 50.6 Å². The van der Waals surface area contributed by atoms with Crippen molar-refractivity contribution in [2.75, 3.05) is 13.1 Å². The molecule has 0 radical (unpaired) electrons. The molecule has 5 heteroatoms. The van der Waals surface area contributed by atoms with Crippen LogP contribution in [0, 0.1) is 12.8 Å². The third-order valence-electron chi connectivity index (χ3n) is 4.77. The maximum Gasteiger partial charge on any atom is 0.149 e. The highest BCUT2D eigenvalue weighted by Crippen LogP contribution is 2.31. The second-order valence-corrected chi connectivity index (χ2v) is 6.65. The van der Waals surface area contributed by atoms with Crippen molar-refractivity contribution in [3.8, 4) is 0 Å². The SMILES string of the molecule is CCc1ncc(CN2C[C@@H]3ON=C(c4cccc(C)c4)[C@H]3C2)cn1. The molecule has 0 bridgehead atoms. The van der Waals surface area contributed by atoms with E-state index >= 15 is 0 Å². The van der Waals surface area contributed by atoms with Gasteiger partial charge in [-0.1, -0.05) is 41.9 Å². The molecule has 0 aliphatic carbocycles. The smallest absolute Gasteiger partial charge is 0.149 e. The van der Waals surface area contributed by atoms with Gasteiger partial charge in [-0.05, 0) is 6.92 Å². The molecule has 0 saturated carbocycles. The second kappa shape index (κ2) is 6.32. The minimum Gasteiger partial charge on any atom is -0.390 e. The molecule has 1 aromatic carbocycles. The van der Waals surface area contributed by atoms with Crippen LogP contribution in [0.25, 0.3) is 0 Å². The van der Waals surface area contributed by atoms with Gasteiger partial charge in [0.15, 0.2) is 0 Å². The van der Waals surface area contributed by atoms with E-state index < -0.39 is 0 Å². The van der Waals surface area contributed by atoms with E-state index in [1.807, 2.05) is 12.4 Å². The van der Waals surface area contributed by atoms with E-state index in [0.29, 0.717) is 5.92 Å².